The molecule has 12 heavy (non-hydrogen) atoms. The van der Waals surface area contributed by atoms with Crippen molar-refractivity contribution in [3.63, 3.8) is 0 Å². The fourth-order valence-corrected chi connectivity index (χ4v) is 3.49. The van der Waals surface area contributed by atoms with Gasteiger partial charge in [0.15, 0.2) is 0 Å². The van der Waals surface area contributed by atoms with Crippen LogP contribution in [-0.4, -0.2) is 0 Å². The molecule has 0 bridgehead atoms. The third kappa shape index (κ3) is 1.41. The molecule has 70 valence electrons. The van der Waals surface area contributed by atoms with E-state index in [2.05, 4.69) is 13.8 Å². The van der Waals surface area contributed by atoms with E-state index in [9.17, 15) is 0 Å². The van der Waals surface area contributed by atoms with E-state index in [0.717, 1.165) is 17.3 Å². The van der Waals surface area contributed by atoms with Crippen molar-refractivity contribution in [1.29, 1.82) is 0 Å². The quantitative estimate of drug-likeness (QED) is 0.510. The Bertz CT molecular complexity index is 161. The largest absolute Gasteiger partial charge is 0.0625 e. The summed E-state index contributed by atoms with van der Waals surface area (Å²) in [5.41, 5.74) is 0.755. The van der Waals surface area contributed by atoms with Crippen molar-refractivity contribution in [2.24, 2.45) is 17.3 Å². The van der Waals surface area contributed by atoms with Crippen LogP contribution < -0.4 is 0 Å². The Morgan fingerprint density at radius 1 is 1.08 bits per heavy atom. The highest BCUT2D eigenvalue weighted by molar-refractivity contribution is 4.91. The van der Waals surface area contributed by atoms with E-state index in [1.807, 2.05) is 0 Å². The molecule has 0 saturated heterocycles. The zero-order valence-corrected chi connectivity index (χ0v) is 8.60. The van der Waals surface area contributed by atoms with Gasteiger partial charge in [-0.05, 0) is 42.9 Å². The van der Waals surface area contributed by atoms with Crippen LogP contribution in [-0.2, 0) is 0 Å². The van der Waals surface area contributed by atoms with E-state index in [1.165, 1.54) is 44.9 Å². The van der Waals surface area contributed by atoms with Crippen molar-refractivity contribution in [3.8, 4) is 0 Å². The lowest BCUT2D eigenvalue weighted by Crippen LogP contribution is -2.20. The molecule has 0 spiro atoms. The zero-order chi connectivity index (χ0) is 8.60. The third-order valence-electron chi connectivity index (χ3n) is 4.42. The third-order valence-corrected chi connectivity index (χ3v) is 4.42. The smallest absolute Gasteiger partial charge is 0.0297 e. The average Bonchev–Trinajstić information content (AvgIpc) is 2.27. The van der Waals surface area contributed by atoms with Crippen LogP contribution in [0.15, 0.2) is 0 Å². The maximum Gasteiger partial charge on any atom is -0.0297 e. The summed E-state index contributed by atoms with van der Waals surface area (Å²) >= 11 is 0. The van der Waals surface area contributed by atoms with Gasteiger partial charge in [0.25, 0.3) is 0 Å². The first-order valence-corrected chi connectivity index (χ1v) is 5.71. The minimum Gasteiger partial charge on any atom is -0.0625 e. The van der Waals surface area contributed by atoms with Gasteiger partial charge in [0, 0.05) is 0 Å². The standard InChI is InChI=1S/C12H22/c1-10-5-3-7-12(2)8-4-6-11(12)9-10/h10-11H,3-9H2,1-2H3. The molecule has 0 aliphatic heterocycles. The first-order valence-electron chi connectivity index (χ1n) is 5.71. The molecular weight excluding hydrogens is 144 g/mol. The maximum atomic E-state index is 2.54. The molecule has 3 unspecified atom stereocenters. The number of hydrogen-bond donors (Lipinski definition) is 0. The molecular formula is C12H22. The summed E-state index contributed by atoms with van der Waals surface area (Å²) in [6, 6.07) is 0. The molecule has 2 aliphatic carbocycles. The van der Waals surface area contributed by atoms with Gasteiger partial charge < -0.3 is 0 Å². The van der Waals surface area contributed by atoms with Gasteiger partial charge in [-0.25, -0.2) is 0 Å². The van der Waals surface area contributed by atoms with Crippen molar-refractivity contribution in [3.05, 3.63) is 0 Å². The predicted octanol–water partition coefficient (Wildman–Crippen LogP) is 4.00. The van der Waals surface area contributed by atoms with Crippen LogP contribution >= 0.6 is 0 Å². The van der Waals surface area contributed by atoms with E-state index in [0.29, 0.717) is 0 Å². The monoisotopic (exact) mass is 166 g/mol. The second-order valence-electron chi connectivity index (χ2n) is 5.48. The molecule has 0 aromatic carbocycles. The van der Waals surface area contributed by atoms with Gasteiger partial charge in [-0.3, -0.25) is 0 Å². The van der Waals surface area contributed by atoms with Crippen LogP contribution in [0.3, 0.4) is 0 Å². The molecule has 2 rings (SSSR count). The van der Waals surface area contributed by atoms with Crippen LogP contribution in [0.4, 0.5) is 0 Å². The summed E-state index contributed by atoms with van der Waals surface area (Å²) in [7, 11) is 0. The summed E-state index contributed by atoms with van der Waals surface area (Å²) < 4.78 is 0. The van der Waals surface area contributed by atoms with Gasteiger partial charge in [-0.1, -0.05) is 33.1 Å². The molecule has 0 N–H and O–H groups in total. The summed E-state index contributed by atoms with van der Waals surface area (Å²) in [5, 5.41) is 0. The van der Waals surface area contributed by atoms with E-state index in [1.54, 1.807) is 0 Å². The van der Waals surface area contributed by atoms with Gasteiger partial charge in [-0.15, -0.1) is 0 Å². The summed E-state index contributed by atoms with van der Waals surface area (Å²) in [4.78, 5) is 0. The molecule has 2 aliphatic rings. The second-order valence-corrected chi connectivity index (χ2v) is 5.48. The average molecular weight is 166 g/mol. The Hall–Kier alpha value is 0. The normalized spacial score (nSPS) is 48.5. The first-order chi connectivity index (χ1) is 5.71. The number of fused-ring (bicyclic) bond motifs is 1. The van der Waals surface area contributed by atoms with Crippen molar-refractivity contribution >= 4 is 0 Å². The van der Waals surface area contributed by atoms with E-state index < -0.39 is 0 Å². The predicted molar refractivity (Wildman–Crippen MR) is 53.1 cm³/mol. The highest BCUT2D eigenvalue weighted by Crippen LogP contribution is 2.51. The summed E-state index contributed by atoms with van der Waals surface area (Å²) in [6.45, 7) is 4.99. The van der Waals surface area contributed by atoms with Crippen LogP contribution in [0.25, 0.3) is 0 Å². The van der Waals surface area contributed by atoms with Gasteiger partial charge >= 0.3 is 0 Å². The molecule has 0 heterocycles. The Balaban J connectivity index is 2.10. The topological polar surface area (TPSA) is 0 Å². The highest BCUT2D eigenvalue weighted by Gasteiger charge is 2.39. The fraction of sp³-hybridized carbons (Fsp3) is 1.00. The molecule has 2 saturated carbocycles. The minimum atomic E-state index is 0.755. The van der Waals surface area contributed by atoms with Gasteiger partial charge in [0.05, 0.1) is 0 Å². The maximum absolute atomic E-state index is 2.54. The molecule has 0 heteroatoms. The van der Waals surface area contributed by atoms with E-state index >= 15 is 0 Å². The van der Waals surface area contributed by atoms with Crippen molar-refractivity contribution < 1.29 is 0 Å². The van der Waals surface area contributed by atoms with Crippen LogP contribution in [0, 0.1) is 17.3 Å². The number of hydrogen-bond acceptors (Lipinski definition) is 0. The second kappa shape index (κ2) is 3.05. The van der Waals surface area contributed by atoms with Gasteiger partial charge in [0.1, 0.15) is 0 Å². The Kier molecular flexibility index (Phi) is 2.18. The lowest BCUT2D eigenvalue weighted by molar-refractivity contribution is 0.204. The Labute approximate surface area is 76.7 Å². The first kappa shape index (κ1) is 8.59. The molecule has 2 fully saturated rings. The SMILES string of the molecule is CC1CCCC2(C)CCCC2C1. The molecule has 0 aromatic rings. The van der Waals surface area contributed by atoms with Crippen molar-refractivity contribution in [2.45, 2.75) is 58.8 Å². The van der Waals surface area contributed by atoms with Crippen LogP contribution in [0.1, 0.15) is 58.8 Å². The molecule has 0 amide bonds. The van der Waals surface area contributed by atoms with Crippen molar-refractivity contribution in [1.82, 2.24) is 0 Å². The summed E-state index contributed by atoms with van der Waals surface area (Å²) in [5.74, 6) is 2.09. The van der Waals surface area contributed by atoms with Crippen LogP contribution in [0.2, 0.25) is 0 Å². The molecule has 0 aromatic heterocycles. The van der Waals surface area contributed by atoms with E-state index in [4.69, 9.17) is 0 Å². The van der Waals surface area contributed by atoms with E-state index in [-0.39, 0.29) is 0 Å². The number of rotatable bonds is 0. The fourth-order valence-electron chi connectivity index (χ4n) is 3.49. The minimum absolute atomic E-state index is 0.755. The lowest BCUT2D eigenvalue weighted by Gasteiger charge is -2.30. The Morgan fingerprint density at radius 2 is 1.75 bits per heavy atom. The molecule has 0 nitrogen and oxygen atoms in total. The zero-order valence-electron chi connectivity index (χ0n) is 8.60. The Morgan fingerprint density at radius 3 is 2.50 bits per heavy atom. The summed E-state index contributed by atoms with van der Waals surface area (Å²) in [6.07, 6.45) is 10.6. The van der Waals surface area contributed by atoms with Crippen molar-refractivity contribution in [2.75, 3.05) is 0 Å². The van der Waals surface area contributed by atoms with Gasteiger partial charge in [-0.2, -0.15) is 0 Å². The van der Waals surface area contributed by atoms with Gasteiger partial charge in [0.2, 0.25) is 0 Å². The highest BCUT2D eigenvalue weighted by atomic mass is 14.4. The molecule has 3 atom stereocenters. The molecule has 0 radical (unpaired) electrons. The lowest BCUT2D eigenvalue weighted by atomic mass is 9.76. The van der Waals surface area contributed by atoms with Crippen LogP contribution in [0.5, 0.6) is 0 Å².